The van der Waals surface area contributed by atoms with Crippen LogP contribution in [0.2, 0.25) is 0 Å². The molecule has 0 aromatic heterocycles. The van der Waals surface area contributed by atoms with Crippen LogP contribution in [0.3, 0.4) is 0 Å². The van der Waals surface area contributed by atoms with Gasteiger partial charge in [0.15, 0.2) is 28.7 Å². The van der Waals surface area contributed by atoms with Crippen molar-refractivity contribution in [1.82, 2.24) is 5.32 Å². The van der Waals surface area contributed by atoms with E-state index in [1.807, 2.05) is 25.1 Å². The van der Waals surface area contributed by atoms with E-state index in [0.29, 0.717) is 35.1 Å². The highest BCUT2D eigenvalue weighted by molar-refractivity contribution is 9.10. The van der Waals surface area contributed by atoms with Crippen LogP contribution in [-0.2, 0) is 0 Å². The van der Waals surface area contributed by atoms with Crippen molar-refractivity contribution in [2.45, 2.75) is 25.1 Å². The summed E-state index contributed by atoms with van der Waals surface area (Å²) in [6.45, 7) is 1.90. The SMILES string of the molecule is COc1ccc(N2C(=O)N[C@H]3C[C@@]2(C)Oc2c(OC)cc(Br)cc23)cc1OC. The second-order valence-corrected chi connectivity index (χ2v) is 7.80. The number of anilines is 1. The molecule has 7 nitrogen and oxygen atoms in total. The van der Waals surface area contributed by atoms with Gasteiger partial charge in [-0.1, -0.05) is 15.9 Å². The van der Waals surface area contributed by atoms with E-state index in [1.54, 1.807) is 38.4 Å². The molecule has 2 heterocycles. The summed E-state index contributed by atoms with van der Waals surface area (Å²) in [5.41, 5.74) is 0.653. The van der Waals surface area contributed by atoms with Crippen LogP contribution in [0.25, 0.3) is 0 Å². The van der Waals surface area contributed by atoms with Gasteiger partial charge in [0.1, 0.15) is 0 Å². The number of rotatable bonds is 4. The predicted octanol–water partition coefficient (Wildman–Crippen LogP) is 4.24. The zero-order chi connectivity index (χ0) is 20.1. The number of ether oxygens (including phenoxy) is 4. The topological polar surface area (TPSA) is 69.3 Å². The zero-order valence-corrected chi connectivity index (χ0v) is 17.6. The fourth-order valence-corrected chi connectivity index (χ4v) is 4.36. The van der Waals surface area contributed by atoms with Crippen LogP contribution in [0, 0.1) is 0 Å². The van der Waals surface area contributed by atoms with Gasteiger partial charge in [-0.05, 0) is 31.2 Å². The standard InChI is InChI=1S/C20H21BrN2O5/c1-20-10-14(13-7-11(21)8-17(27-4)18(13)28-20)22-19(24)23(20)12-5-6-15(25-2)16(9-12)26-3/h5-9,14H,10H2,1-4H3,(H,22,24)/t14-,20+/m0/s1. The van der Waals surface area contributed by atoms with Crippen molar-refractivity contribution < 1.29 is 23.7 Å². The summed E-state index contributed by atoms with van der Waals surface area (Å²) >= 11 is 3.49. The Bertz CT molecular complexity index is 950. The quantitative estimate of drug-likeness (QED) is 0.756. The maximum atomic E-state index is 13.0. The van der Waals surface area contributed by atoms with Crippen molar-refractivity contribution >= 4 is 27.6 Å². The summed E-state index contributed by atoms with van der Waals surface area (Å²) < 4.78 is 23.5. The number of benzene rings is 2. The van der Waals surface area contributed by atoms with E-state index in [1.165, 1.54) is 0 Å². The lowest BCUT2D eigenvalue weighted by atomic mass is 9.90. The molecule has 1 N–H and O–H groups in total. The maximum Gasteiger partial charge on any atom is 0.325 e. The van der Waals surface area contributed by atoms with Gasteiger partial charge in [-0.2, -0.15) is 0 Å². The molecule has 0 aliphatic carbocycles. The minimum Gasteiger partial charge on any atom is -0.493 e. The van der Waals surface area contributed by atoms with Crippen LogP contribution in [0.5, 0.6) is 23.0 Å². The monoisotopic (exact) mass is 448 g/mol. The van der Waals surface area contributed by atoms with Crippen LogP contribution < -0.4 is 29.2 Å². The second-order valence-electron chi connectivity index (χ2n) is 6.88. The second kappa shape index (κ2) is 6.77. The van der Waals surface area contributed by atoms with Gasteiger partial charge in [0, 0.05) is 22.5 Å². The number of hydrogen-bond acceptors (Lipinski definition) is 5. The van der Waals surface area contributed by atoms with Crippen molar-refractivity contribution in [2.24, 2.45) is 0 Å². The first-order chi connectivity index (χ1) is 13.4. The van der Waals surface area contributed by atoms with Gasteiger partial charge >= 0.3 is 6.03 Å². The molecule has 1 fully saturated rings. The number of nitrogens with one attached hydrogen (secondary N) is 1. The van der Waals surface area contributed by atoms with Crippen LogP contribution in [-0.4, -0.2) is 33.1 Å². The molecule has 0 unspecified atom stereocenters. The van der Waals surface area contributed by atoms with Crippen molar-refractivity contribution in [2.75, 3.05) is 26.2 Å². The molecule has 0 spiro atoms. The molecule has 148 valence electrons. The Morgan fingerprint density at radius 3 is 2.50 bits per heavy atom. The first kappa shape index (κ1) is 18.7. The summed E-state index contributed by atoms with van der Waals surface area (Å²) in [6.07, 6.45) is 0.583. The van der Waals surface area contributed by atoms with Gasteiger partial charge < -0.3 is 24.3 Å². The first-order valence-electron chi connectivity index (χ1n) is 8.79. The normalized spacial score (nSPS) is 22.7. The van der Waals surface area contributed by atoms with Crippen molar-refractivity contribution in [3.8, 4) is 23.0 Å². The molecule has 2 aliphatic rings. The third kappa shape index (κ3) is 2.83. The molecule has 28 heavy (non-hydrogen) atoms. The number of hydrogen-bond donors (Lipinski definition) is 1. The molecule has 1 saturated heterocycles. The molecular weight excluding hydrogens is 428 g/mol. The number of nitrogens with zero attached hydrogens (tertiary/aromatic N) is 1. The molecule has 2 amide bonds. The summed E-state index contributed by atoms with van der Waals surface area (Å²) in [6, 6.07) is 8.73. The summed E-state index contributed by atoms with van der Waals surface area (Å²) in [5, 5.41) is 3.08. The minimum absolute atomic E-state index is 0.177. The Labute approximate surface area is 171 Å². The van der Waals surface area contributed by atoms with E-state index in [0.717, 1.165) is 10.0 Å². The Morgan fingerprint density at radius 1 is 1.11 bits per heavy atom. The maximum absolute atomic E-state index is 13.0. The number of methoxy groups -OCH3 is 3. The first-order valence-corrected chi connectivity index (χ1v) is 9.58. The number of carbonyl (C=O) groups is 1. The van der Waals surface area contributed by atoms with Gasteiger partial charge in [0.05, 0.1) is 33.1 Å². The molecule has 2 aromatic rings. The van der Waals surface area contributed by atoms with Gasteiger partial charge in [-0.15, -0.1) is 0 Å². The fraction of sp³-hybridized carbons (Fsp3) is 0.350. The highest BCUT2D eigenvalue weighted by atomic mass is 79.9. The number of amides is 2. The summed E-state index contributed by atoms with van der Waals surface area (Å²) in [7, 11) is 4.73. The van der Waals surface area contributed by atoms with Crippen molar-refractivity contribution in [3.05, 3.63) is 40.4 Å². The zero-order valence-electron chi connectivity index (χ0n) is 16.0. The molecule has 2 bridgehead atoms. The van der Waals surface area contributed by atoms with Crippen LogP contribution in [0.1, 0.15) is 24.9 Å². The van der Waals surface area contributed by atoms with E-state index in [9.17, 15) is 4.79 Å². The lowest BCUT2D eigenvalue weighted by Crippen LogP contribution is -2.65. The van der Waals surface area contributed by atoms with E-state index in [4.69, 9.17) is 18.9 Å². The van der Waals surface area contributed by atoms with E-state index in [-0.39, 0.29) is 12.1 Å². The minimum atomic E-state index is -0.888. The predicted molar refractivity (Wildman–Crippen MR) is 108 cm³/mol. The Morgan fingerprint density at radius 2 is 1.82 bits per heavy atom. The van der Waals surface area contributed by atoms with Gasteiger partial charge in [-0.3, -0.25) is 4.90 Å². The van der Waals surface area contributed by atoms with Crippen molar-refractivity contribution in [3.63, 3.8) is 0 Å². The molecule has 4 rings (SSSR count). The molecule has 0 radical (unpaired) electrons. The lowest BCUT2D eigenvalue weighted by molar-refractivity contribution is 0.0349. The van der Waals surface area contributed by atoms with Crippen LogP contribution in [0.4, 0.5) is 10.5 Å². The molecule has 2 aromatic carbocycles. The molecule has 0 saturated carbocycles. The summed E-state index contributed by atoms with van der Waals surface area (Å²) in [4.78, 5) is 14.6. The number of carbonyl (C=O) groups excluding carboxylic acids is 1. The smallest absolute Gasteiger partial charge is 0.325 e. The van der Waals surface area contributed by atoms with E-state index >= 15 is 0 Å². The number of halogens is 1. The number of urea groups is 1. The fourth-order valence-electron chi connectivity index (χ4n) is 3.91. The van der Waals surface area contributed by atoms with Crippen molar-refractivity contribution in [1.29, 1.82) is 0 Å². The highest BCUT2D eigenvalue weighted by Crippen LogP contribution is 2.50. The molecular formula is C20H21BrN2O5. The van der Waals surface area contributed by atoms with Gasteiger partial charge in [0.2, 0.25) is 0 Å². The van der Waals surface area contributed by atoms with E-state index < -0.39 is 5.72 Å². The molecule has 2 atom stereocenters. The van der Waals surface area contributed by atoms with E-state index in [2.05, 4.69) is 21.2 Å². The highest BCUT2D eigenvalue weighted by Gasteiger charge is 2.50. The third-order valence-corrected chi connectivity index (χ3v) is 5.61. The average molecular weight is 449 g/mol. The van der Waals surface area contributed by atoms with Crippen LogP contribution >= 0.6 is 15.9 Å². The summed E-state index contributed by atoms with van der Waals surface area (Å²) in [5.74, 6) is 2.38. The largest absolute Gasteiger partial charge is 0.493 e. The van der Waals surface area contributed by atoms with Crippen LogP contribution in [0.15, 0.2) is 34.8 Å². The van der Waals surface area contributed by atoms with Gasteiger partial charge in [-0.25, -0.2) is 4.79 Å². The molecule has 2 aliphatic heterocycles. The number of fused-ring (bicyclic) bond motifs is 4. The third-order valence-electron chi connectivity index (χ3n) is 5.15. The average Bonchev–Trinajstić information content (AvgIpc) is 2.67. The molecule has 8 heteroatoms. The lowest BCUT2D eigenvalue weighted by Gasteiger charge is -2.50. The Balaban J connectivity index is 1.81. The van der Waals surface area contributed by atoms with Gasteiger partial charge in [0.25, 0.3) is 0 Å². The Hall–Kier alpha value is -2.61. The Kier molecular flexibility index (Phi) is 4.53.